The van der Waals surface area contributed by atoms with Crippen LogP contribution >= 0.6 is 23.4 Å². The van der Waals surface area contributed by atoms with Crippen LogP contribution in [0.5, 0.6) is 0 Å². The highest BCUT2D eigenvalue weighted by Crippen LogP contribution is 2.38. The van der Waals surface area contributed by atoms with Crippen molar-refractivity contribution in [1.82, 2.24) is 4.98 Å². The molecule has 5 heteroatoms. The van der Waals surface area contributed by atoms with Gasteiger partial charge in [0.25, 0.3) is 5.56 Å². The fraction of sp³-hybridized carbons (Fsp3) is 0.400. The molecule has 1 aromatic carbocycles. The largest absolute Gasteiger partial charge is 0.329 e. The fourth-order valence-corrected chi connectivity index (χ4v) is 4.20. The van der Waals surface area contributed by atoms with Crippen molar-refractivity contribution in [3.8, 4) is 0 Å². The SMILES string of the molecule is NC1CCC(Sc2cc3cc[nH]c(=O)c3cc2Cl)CC1. The summed E-state index contributed by atoms with van der Waals surface area (Å²) >= 11 is 8.14. The second-order valence-electron chi connectivity index (χ2n) is 5.33. The molecule has 0 aliphatic heterocycles. The molecule has 1 aliphatic carbocycles. The Balaban J connectivity index is 1.88. The predicted octanol–water partition coefficient (Wildman–Crippen LogP) is 3.54. The van der Waals surface area contributed by atoms with Gasteiger partial charge in [0.15, 0.2) is 0 Å². The number of benzene rings is 1. The second kappa shape index (κ2) is 5.80. The Morgan fingerprint density at radius 3 is 2.75 bits per heavy atom. The van der Waals surface area contributed by atoms with Crippen LogP contribution in [0.4, 0.5) is 0 Å². The van der Waals surface area contributed by atoms with E-state index in [0.717, 1.165) is 36.0 Å². The smallest absolute Gasteiger partial charge is 0.255 e. The Kier molecular flexibility index (Phi) is 4.06. The molecule has 1 aliphatic rings. The van der Waals surface area contributed by atoms with E-state index in [1.165, 1.54) is 0 Å². The van der Waals surface area contributed by atoms with Crippen LogP contribution in [-0.2, 0) is 0 Å². The van der Waals surface area contributed by atoms with Crippen LogP contribution in [0.1, 0.15) is 25.7 Å². The Hall–Kier alpha value is -0.970. The number of halogens is 1. The van der Waals surface area contributed by atoms with Gasteiger partial charge in [-0.15, -0.1) is 11.8 Å². The van der Waals surface area contributed by atoms with Gasteiger partial charge >= 0.3 is 0 Å². The number of hydrogen-bond donors (Lipinski definition) is 2. The normalized spacial score (nSPS) is 23.1. The monoisotopic (exact) mass is 308 g/mol. The molecule has 20 heavy (non-hydrogen) atoms. The first-order chi connectivity index (χ1) is 9.63. The average molecular weight is 309 g/mol. The molecule has 2 aromatic rings. The lowest BCUT2D eigenvalue weighted by Gasteiger charge is -2.25. The number of pyridine rings is 1. The van der Waals surface area contributed by atoms with Crippen molar-refractivity contribution >= 4 is 34.1 Å². The van der Waals surface area contributed by atoms with E-state index in [1.807, 2.05) is 23.9 Å². The molecule has 3 nitrogen and oxygen atoms in total. The van der Waals surface area contributed by atoms with Crippen LogP contribution in [0.2, 0.25) is 5.02 Å². The van der Waals surface area contributed by atoms with E-state index in [-0.39, 0.29) is 5.56 Å². The zero-order valence-corrected chi connectivity index (χ0v) is 12.6. The van der Waals surface area contributed by atoms with Gasteiger partial charge in [-0.25, -0.2) is 0 Å². The number of hydrogen-bond acceptors (Lipinski definition) is 3. The molecular formula is C15H17ClN2OS. The van der Waals surface area contributed by atoms with E-state index in [4.69, 9.17) is 17.3 Å². The summed E-state index contributed by atoms with van der Waals surface area (Å²) in [6.07, 6.45) is 6.11. The highest BCUT2D eigenvalue weighted by Gasteiger charge is 2.20. The van der Waals surface area contributed by atoms with E-state index in [2.05, 4.69) is 4.98 Å². The van der Waals surface area contributed by atoms with Crippen LogP contribution in [0, 0.1) is 0 Å². The van der Waals surface area contributed by atoms with Crippen LogP contribution in [0.15, 0.2) is 34.1 Å². The third-order valence-corrected chi connectivity index (χ3v) is 5.66. The molecule has 1 saturated carbocycles. The lowest BCUT2D eigenvalue weighted by Crippen LogP contribution is -2.27. The number of aromatic nitrogens is 1. The van der Waals surface area contributed by atoms with Crippen LogP contribution in [0.3, 0.4) is 0 Å². The molecule has 0 radical (unpaired) electrons. The molecule has 1 aromatic heterocycles. The summed E-state index contributed by atoms with van der Waals surface area (Å²) in [6, 6.07) is 6.06. The zero-order chi connectivity index (χ0) is 14.1. The molecule has 0 amide bonds. The molecular weight excluding hydrogens is 292 g/mol. The van der Waals surface area contributed by atoms with Gasteiger partial charge < -0.3 is 10.7 Å². The first kappa shape index (κ1) is 14.0. The van der Waals surface area contributed by atoms with Crippen LogP contribution in [-0.4, -0.2) is 16.3 Å². The summed E-state index contributed by atoms with van der Waals surface area (Å²) in [7, 11) is 0. The number of aromatic amines is 1. The summed E-state index contributed by atoms with van der Waals surface area (Å²) in [4.78, 5) is 15.5. The maximum Gasteiger partial charge on any atom is 0.255 e. The highest BCUT2D eigenvalue weighted by atomic mass is 35.5. The average Bonchev–Trinajstić information content (AvgIpc) is 2.43. The van der Waals surface area contributed by atoms with Crippen molar-refractivity contribution in [3.05, 3.63) is 39.8 Å². The Bertz CT molecular complexity index is 677. The van der Waals surface area contributed by atoms with Crippen LogP contribution < -0.4 is 11.3 Å². The number of nitrogens with one attached hydrogen (secondary N) is 1. The van der Waals surface area contributed by atoms with E-state index in [9.17, 15) is 4.79 Å². The lowest BCUT2D eigenvalue weighted by molar-refractivity contribution is 0.451. The molecule has 0 atom stereocenters. The number of H-pyrrole nitrogens is 1. The van der Waals surface area contributed by atoms with E-state index in [1.54, 1.807) is 12.3 Å². The van der Waals surface area contributed by atoms with Gasteiger partial charge in [0, 0.05) is 27.8 Å². The number of rotatable bonds is 2. The quantitative estimate of drug-likeness (QED) is 0.892. The minimum atomic E-state index is -0.0930. The van der Waals surface area contributed by atoms with Crippen LogP contribution in [0.25, 0.3) is 10.8 Å². The number of fused-ring (bicyclic) bond motifs is 1. The molecule has 0 bridgehead atoms. The standard InChI is InChI=1S/C15H17ClN2OS/c16-13-8-12-9(5-6-18-15(12)19)7-14(13)20-11-3-1-10(17)2-4-11/h5-8,10-11H,1-4,17H2,(H,18,19). The summed E-state index contributed by atoms with van der Waals surface area (Å²) < 4.78 is 0. The van der Waals surface area contributed by atoms with Crippen molar-refractivity contribution in [2.45, 2.75) is 41.9 Å². The molecule has 1 fully saturated rings. The number of nitrogens with two attached hydrogens (primary N) is 1. The van der Waals surface area contributed by atoms with Crippen molar-refractivity contribution in [3.63, 3.8) is 0 Å². The molecule has 0 spiro atoms. The summed E-state index contributed by atoms with van der Waals surface area (Å²) in [5, 5.41) is 2.82. The van der Waals surface area contributed by atoms with E-state index in [0.29, 0.717) is 21.7 Å². The molecule has 3 rings (SSSR count). The Labute approximate surface area is 126 Å². The number of thioether (sulfide) groups is 1. The zero-order valence-electron chi connectivity index (χ0n) is 11.1. The first-order valence-electron chi connectivity index (χ1n) is 6.86. The Morgan fingerprint density at radius 2 is 2.00 bits per heavy atom. The highest BCUT2D eigenvalue weighted by molar-refractivity contribution is 8.00. The van der Waals surface area contributed by atoms with Gasteiger partial charge in [-0.2, -0.15) is 0 Å². The van der Waals surface area contributed by atoms with Crippen molar-refractivity contribution in [1.29, 1.82) is 0 Å². The van der Waals surface area contributed by atoms with Crippen molar-refractivity contribution in [2.75, 3.05) is 0 Å². The minimum absolute atomic E-state index is 0.0930. The van der Waals surface area contributed by atoms with E-state index >= 15 is 0 Å². The summed E-state index contributed by atoms with van der Waals surface area (Å²) in [5.41, 5.74) is 5.84. The van der Waals surface area contributed by atoms with Gasteiger partial charge in [-0.1, -0.05) is 11.6 Å². The third-order valence-electron chi connectivity index (χ3n) is 3.84. The molecule has 106 valence electrons. The molecule has 0 unspecified atom stereocenters. The predicted molar refractivity (Wildman–Crippen MR) is 85.7 cm³/mol. The van der Waals surface area contributed by atoms with Gasteiger partial charge in [0.05, 0.1) is 5.02 Å². The second-order valence-corrected chi connectivity index (χ2v) is 7.08. The molecule has 3 N–H and O–H groups in total. The minimum Gasteiger partial charge on any atom is -0.329 e. The third kappa shape index (κ3) is 2.87. The molecule has 1 heterocycles. The van der Waals surface area contributed by atoms with Gasteiger partial charge in [-0.05, 0) is 49.3 Å². The lowest BCUT2D eigenvalue weighted by atomic mass is 9.96. The first-order valence-corrected chi connectivity index (χ1v) is 8.12. The topological polar surface area (TPSA) is 58.9 Å². The van der Waals surface area contributed by atoms with Crippen molar-refractivity contribution in [2.24, 2.45) is 5.73 Å². The van der Waals surface area contributed by atoms with Gasteiger partial charge in [0.1, 0.15) is 0 Å². The summed E-state index contributed by atoms with van der Waals surface area (Å²) in [5.74, 6) is 0. The van der Waals surface area contributed by atoms with Crippen molar-refractivity contribution < 1.29 is 0 Å². The summed E-state index contributed by atoms with van der Waals surface area (Å²) in [6.45, 7) is 0. The maximum atomic E-state index is 11.7. The van der Waals surface area contributed by atoms with E-state index < -0.39 is 0 Å². The maximum absolute atomic E-state index is 11.7. The fourth-order valence-electron chi connectivity index (χ4n) is 2.66. The molecule has 0 saturated heterocycles. The van der Waals surface area contributed by atoms with Gasteiger partial charge in [-0.3, -0.25) is 4.79 Å². The van der Waals surface area contributed by atoms with Gasteiger partial charge in [0.2, 0.25) is 0 Å². The Morgan fingerprint density at radius 1 is 1.25 bits per heavy atom.